The van der Waals surface area contributed by atoms with Crippen LogP contribution in [0.1, 0.15) is 73.0 Å². The van der Waals surface area contributed by atoms with Crippen molar-refractivity contribution in [3.63, 3.8) is 0 Å². The van der Waals surface area contributed by atoms with Crippen LogP contribution in [0, 0.1) is 0 Å². The summed E-state index contributed by atoms with van der Waals surface area (Å²) in [6.07, 6.45) is 2.27. The van der Waals surface area contributed by atoms with Crippen LogP contribution >= 0.6 is 11.3 Å². The predicted octanol–water partition coefficient (Wildman–Crippen LogP) is 3.24. The average Bonchev–Trinajstić information content (AvgIpc) is 3.52. The molecule has 0 saturated carbocycles. The summed E-state index contributed by atoms with van der Waals surface area (Å²) in [7, 11) is -8.70. The number of hydrogen-bond acceptors (Lipinski definition) is 9. The first-order valence-corrected chi connectivity index (χ1v) is 18.9. The first-order valence-electron chi connectivity index (χ1n) is 14.8. The molecule has 0 aliphatic carbocycles. The van der Waals surface area contributed by atoms with Crippen LogP contribution in [-0.2, 0) is 30.4 Å². The highest BCUT2D eigenvalue weighted by Crippen LogP contribution is 2.48. The fraction of sp³-hybridized carbons (Fsp3) is 0.433. The second-order valence-corrected chi connectivity index (χ2v) is 15.8. The van der Waals surface area contributed by atoms with Crippen molar-refractivity contribution in [2.75, 3.05) is 31.1 Å². The zero-order valence-electron chi connectivity index (χ0n) is 26.1. The van der Waals surface area contributed by atoms with Crippen molar-refractivity contribution >= 4 is 70.8 Å². The van der Waals surface area contributed by atoms with Gasteiger partial charge in [0.1, 0.15) is 17.9 Å². The number of rotatable bonds is 15. The number of fused-ring (bicyclic) bond motifs is 3. The second kappa shape index (κ2) is 14.1. The minimum absolute atomic E-state index is 0.121. The summed E-state index contributed by atoms with van der Waals surface area (Å²) >= 11 is 1.46. The molecule has 254 valence electrons. The summed E-state index contributed by atoms with van der Waals surface area (Å²) in [4.78, 5) is 41.2. The van der Waals surface area contributed by atoms with E-state index < -0.39 is 68.0 Å². The zero-order valence-corrected chi connectivity index (χ0v) is 28.5. The lowest BCUT2D eigenvalue weighted by Crippen LogP contribution is -2.32. The van der Waals surface area contributed by atoms with E-state index in [9.17, 15) is 31.2 Å². The van der Waals surface area contributed by atoms with E-state index in [2.05, 4.69) is 41.0 Å². The smallest absolute Gasteiger partial charge is 0.303 e. The van der Waals surface area contributed by atoms with E-state index >= 15 is 0 Å². The van der Waals surface area contributed by atoms with Crippen molar-refractivity contribution in [2.45, 2.75) is 51.9 Å². The number of carboxylic acids is 1. The van der Waals surface area contributed by atoms with Crippen LogP contribution in [0.4, 0.5) is 5.69 Å². The molecule has 2 amide bonds. The fourth-order valence-electron chi connectivity index (χ4n) is 5.50. The monoisotopic (exact) mass is 709 g/mol. The highest BCUT2D eigenvalue weighted by molar-refractivity contribution is 7.86. The Bertz CT molecular complexity index is 1920. The molecule has 2 aromatic heterocycles. The molecule has 1 aliphatic rings. The van der Waals surface area contributed by atoms with E-state index in [1.165, 1.54) is 23.5 Å². The number of aromatic nitrogens is 1. The molecule has 3 heterocycles. The normalized spacial score (nSPS) is 14.3. The van der Waals surface area contributed by atoms with Crippen molar-refractivity contribution in [2.24, 2.45) is 0 Å². The van der Waals surface area contributed by atoms with Crippen LogP contribution in [0.25, 0.3) is 21.2 Å². The van der Waals surface area contributed by atoms with Gasteiger partial charge < -0.3 is 15.7 Å². The predicted molar refractivity (Wildman–Crippen MR) is 177 cm³/mol. The standard InChI is InChI=1S/C30H36N4O10S3/c1-18-30(2,3)22-17-21(27-20(8-12-45-27)26(22)34(18)11-6-4-5-7-25(35)36)19-15-23(28(37)31-9-13-46(39,40)41)33-24(16-19)29(38)32-10-14-47(42,43)44/h8,12,15-17H,4-7,9-11,13-14H2,1-3H3,(H4-,31,32,35,36,37,38,39,40,41,42,43,44)/p+1. The zero-order chi connectivity index (χ0) is 34.7. The lowest BCUT2D eigenvalue weighted by Gasteiger charge is -2.17. The maximum Gasteiger partial charge on any atom is 0.303 e. The number of nitrogens with one attached hydrogen (secondary N) is 2. The highest BCUT2D eigenvalue weighted by atomic mass is 32.2. The Hall–Kier alpha value is -3.77. The number of unbranched alkanes of at least 4 members (excludes halogenated alkanes) is 2. The van der Waals surface area contributed by atoms with Gasteiger partial charge in [-0.25, -0.2) is 4.98 Å². The molecule has 0 saturated heterocycles. The van der Waals surface area contributed by atoms with Crippen molar-refractivity contribution < 1.29 is 50.0 Å². The van der Waals surface area contributed by atoms with Gasteiger partial charge in [0, 0.05) is 48.7 Å². The Morgan fingerprint density at radius 3 is 2.02 bits per heavy atom. The number of carboxylic acid groups (broad SMARTS) is 1. The number of carbonyl (C=O) groups is 3. The van der Waals surface area contributed by atoms with Crippen LogP contribution in [0.2, 0.25) is 0 Å². The molecule has 0 fully saturated rings. The SMILES string of the molecule is CC1=[N+](CCCCCC(=O)O)c2c(cc(-c3cc(C(=O)NCCS(=O)(=O)O)nc(C(=O)NCCS(=O)(=O)O)c3)c3sccc23)C1(C)C. The van der Waals surface area contributed by atoms with Crippen LogP contribution in [-0.4, -0.2) is 95.2 Å². The van der Waals surface area contributed by atoms with Crippen molar-refractivity contribution in [3.05, 3.63) is 46.6 Å². The highest BCUT2D eigenvalue weighted by Gasteiger charge is 2.44. The molecule has 14 nitrogen and oxygen atoms in total. The summed E-state index contributed by atoms with van der Waals surface area (Å²) in [6.45, 7) is 6.13. The van der Waals surface area contributed by atoms with Gasteiger partial charge in [-0.3, -0.25) is 23.5 Å². The molecule has 0 atom stereocenters. The van der Waals surface area contributed by atoms with Gasteiger partial charge in [-0.05, 0) is 61.9 Å². The molecule has 5 N–H and O–H groups in total. The molecule has 47 heavy (non-hydrogen) atoms. The number of amides is 2. The van der Waals surface area contributed by atoms with Gasteiger partial charge in [-0.15, -0.1) is 11.3 Å². The molecule has 0 radical (unpaired) electrons. The third-order valence-electron chi connectivity index (χ3n) is 8.13. The molecule has 17 heteroatoms. The third-order valence-corrected chi connectivity index (χ3v) is 10.5. The van der Waals surface area contributed by atoms with Gasteiger partial charge in [0.05, 0.1) is 22.3 Å². The van der Waals surface area contributed by atoms with E-state index in [0.717, 1.165) is 39.9 Å². The van der Waals surface area contributed by atoms with Crippen LogP contribution in [0.3, 0.4) is 0 Å². The number of benzene rings is 1. The lowest BCUT2D eigenvalue weighted by molar-refractivity contribution is -0.438. The maximum atomic E-state index is 13.1. The van der Waals surface area contributed by atoms with Gasteiger partial charge in [0.15, 0.2) is 5.71 Å². The molecule has 1 aromatic carbocycles. The fourth-order valence-corrected chi connectivity index (χ4v) is 7.15. The number of nitrogens with zero attached hydrogens (tertiary/aromatic N) is 2. The number of hydrogen-bond donors (Lipinski definition) is 5. The van der Waals surface area contributed by atoms with Crippen LogP contribution in [0.15, 0.2) is 29.6 Å². The largest absolute Gasteiger partial charge is 0.481 e. The lowest BCUT2D eigenvalue weighted by atomic mass is 9.80. The van der Waals surface area contributed by atoms with Crippen molar-refractivity contribution in [3.8, 4) is 11.1 Å². The minimum Gasteiger partial charge on any atom is -0.481 e. The average molecular weight is 710 g/mol. The van der Waals surface area contributed by atoms with Crippen LogP contribution < -0.4 is 10.6 Å². The molecule has 1 aliphatic heterocycles. The van der Waals surface area contributed by atoms with Gasteiger partial charge >= 0.3 is 5.97 Å². The summed E-state index contributed by atoms with van der Waals surface area (Å²) < 4.78 is 65.8. The topological polar surface area (TPSA) is 220 Å². The van der Waals surface area contributed by atoms with E-state index in [1.807, 2.05) is 17.5 Å². The first-order chi connectivity index (χ1) is 21.9. The van der Waals surface area contributed by atoms with Gasteiger partial charge in [0.25, 0.3) is 32.1 Å². The van der Waals surface area contributed by atoms with Gasteiger partial charge in [0.2, 0.25) is 5.69 Å². The van der Waals surface area contributed by atoms with Gasteiger partial charge in [-0.1, -0.05) is 0 Å². The minimum atomic E-state index is -4.35. The Labute approximate surface area is 276 Å². The Morgan fingerprint density at radius 2 is 1.49 bits per heavy atom. The molecule has 0 spiro atoms. The van der Waals surface area contributed by atoms with Gasteiger partial charge in [-0.2, -0.15) is 21.4 Å². The van der Waals surface area contributed by atoms with E-state index in [1.54, 1.807) is 0 Å². The summed E-state index contributed by atoms with van der Waals surface area (Å²) in [5.74, 6) is -3.89. The Morgan fingerprint density at radius 1 is 0.915 bits per heavy atom. The summed E-state index contributed by atoms with van der Waals surface area (Å²) in [6, 6.07) is 6.95. The number of aliphatic carboxylic acids is 1. The second-order valence-electron chi connectivity index (χ2n) is 11.8. The van der Waals surface area contributed by atoms with Crippen LogP contribution in [0.5, 0.6) is 0 Å². The summed E-state index contributed by atoms with van der Waals surface area (Å²) in [5.41, 5.74) is 3.49. The molecule has 0 bridgehead atoms. The van der Waals surface area contributed by atoms with E-state index in [0.29, 0.717) is 24.1 Å². The Balaban J connectivity index is 1.78. The number of pyridine rings is 1. The number of carbonyl (C=O) groups excluding carboxylic acids is 2. The molecule has 0 unspecified atom stereocenters. The third kappa shape index (κ3) is 8.78. The van der Waals surface area contributed by atoms with Crippen molar-refractivity contribution in [1.29, 1.82) is 0 Å². The maximum absolute atomic E-state index is 13.1. The number of thiophene rings is 1. The summed E-state index contributed by atoms with van der Waals surface area (Å²) in [5, 5.41) is 16.6. The quantitative estimate of drug-likeness (QED) is 0.0876. The first kappa shape index (κ1) is 36.1. The Kier molecular flexibility index (Phi) is 10.9. The van der Waals surface area contributed by atoms with E-state index in [-0.39, 0.29) is 17.8 Å². The van der Waals surface area contributed by atoms with Crippen molar-refractivity contribution in [1.82, 2.24) is 15.6 Å². The van der Waals surface area contributed by atoms with E-state index in [4.69, 9.17) is 14.2 Å². The molecule has 4 rings (SSSR count). The molecule has 3 aromatic rings. The molecular weight excluding hydrogens is 673 g/mol. The molecular formula is C30H37N4O10S3+.